The van der Waals surface area contributed by atoms with Crippen LogP contribution in [0.15, 0.2) is 42.5 Å². The van der Waals surface area contributed by atoms with E-state index in [2.05, 4.69) is 17.6 Å². The number of hydrogen-bond acceptors (Lipinski definition) is 4. The molecule has 0 unspecified atom stereocenters. The maximum absolute atomic E-state index is 13.8. The van der Waals surface area contributed by atoms with Gasteiger partial charge in [0.2, 0.25) is 0 Å². The Morgan fingerprint density at radius 2 is 1.63 bits per heavy atom. The fraction of sp³-hybridized carbons (Fsp3) is 0.400. The average Bonchev–Trinajstić information content (AvgIpc) is 2.64. The molecule has 0 amide bonds. The summed E-state index contributed by atoms with van der Waals surface area (Å²) in [4.78, 5) is 0. The monoisotopic (exact) mass is 418 g/mol. The molecule has 0 radical (unpaired) electrons. The number of nitrogens with one attached hydrogen (secondary N) is 2. The van der Waals surface area contributed by atoms with Gasteiger partial charge in [0.25, 0.3) is 0 Å². The SMILES string of the molecule is CCNCCCNCc1cccc(OC)c1OCc1ccccc1F.Cl.Cl. The van der Waals surface area contributed by atoms with Crippen molar-refractivity contribution in [2.75, 3.05) is 26.7 Å². The number of methoxy groups -OCH3 is 1. The van der Waals surface area contributed by atoms with Gasteiger partial charge < -0.3 is 20.1 Å². The third-order valence-electron chi connectivity index (χ3n) is 3.88. The number of benzene rings is 2. The molecular formula is C20H29Cl2FN2O2. The molecule has 7 heteroatoms. The zero-order chi connectivity index (χ0) is 17.9. The van der Waals surface area contributed by atoms with Gasteiger partial charge in [-0.25, -0.2) is 4.39 Å². The van der Waals surface area contributed by atoms with E-state index in [1.165, 1.54) is 6.07 Å². The highest BCUT2D eigenvalue weighted by atomic mass is 35.5. The summed E-state index contributed by atoms with van der Waals surface area (Å²) >= 11 is 0. The largest absolute Gasteiger partial charge is 0.493 e. The molecule has 0 saturated heterocycles. The van der Waals surface area contributed by atoms with Crippen molar-refractivity contribution in [1.82, 2.24) is 10.6 Å². The number of ether oxygens (including phenoxy) is 2. The summed E-state index contributed by atoms with van der Waals surface area (Å²) in [6, 6.07) is 12.4. The Kier molecular flexibility index (Phi) is 13.7. The Labute approximate surface area is 173 Å². The number of rotatable bonds is 11. The first-order valence-corrected chi connectivity index (χ1v) is 8.69. The minimum Gasteiger partial charge on any atom is -0.493 e. The Morgan fingerprint density at radius 3 is 2.33 bits per heavy atom. The predicted octanol–water partition coefficient (Wildman–Crippen LogP) is 4.35. The maximum Gasteiger partial charge on any atom is 0.166 e. The van der Waals surface area contributed by atoms with Crippen LogP contribution in [0.4, 0.5) is 4.39 Å². The second-order valence-electron chi connectivity index (χ2n) is 5.71. The molecule has 0 aliphatic heterocycles. The highest BCUT2D eigenvalue weighted by Gasteiger charge is 2.11. The van der Waals surface area contributed by atoms with E-state index in [1.807, 2.05) is 18.2 Å². The molecule has 0 saturated carbocycles. The Balaban J connectivity index is 0.00000338. The van der Waals surface area contributed by atoms with Gasteiger partial charge in [-0.15, -0.1) is 24.8 Å². The smallest absolute Gasteiger partial charge is 0.166 e. The Hall–Kier alpha value is -1.53. The lowest BCUT2D eigenvalue weighted by Crippen LogP contribution is -2.21. The van der Waals surface area contributed by atoms with Crippen LogP contribution in [0.1, 0.15) is 24.5 Å². The molecule has 0 bridgehead atoms. The van der Waals surface area contributed by atoms with Crippen molar-refractivity contribution in [2.45, 2.75) is 26.5 Å². The molecule has 0 aliphatic rings. The van der Waals surface area contributed by atoms with Gasteiger partial charge in [0.1, 0.15) is 12.4 Å². The summed E-state index contributed by atoms with van der Waals surface area (Å²) in [5.74, 6) is 1.05. The molecule has 2 N–H and O–H groups in total. The minimum absolute atomic E-state index is 0. The van der Waals surface area contributed by atoms with Gasteiger partial charge in [0, 0.05) is 17.7 Å². The highest BCUT2D eigenvalue weighted by molar-refractivity contribution is 5.85. The summed E-state index contributed by atoms with van der Waals surface area (Å²) in [7, 11) is 1.61. The van der Waals surface area contributed by atoms with Gasteiger partial charge in [0.05, 0.1) is 7.11 Å². The van der Waals surface area contributed by atoms with Crippen LogP contribution in [0, 0.1) is 5.82 Å². The van der Waals surface area contributed by atoms with Crippen molar-refractivity contribution in [3.8, 4) is 11.5 Å². The van der Waals surface area contributed by atoms with Crippen LogP contribution in [0.3, 0.4) is 0 Å². The molecule has 2 aromatic carbocycles. The van der Waals surface area contributed by atoms with Crippen LogP contribution in [-0.4, -0.2) is 26.7 Å². The normalized spacial score (nSPS) is 9.89. The molecule has 152 valence electrons. The fourth-order valence-corrected chi connectivity index (χ4v) is 2.53. The molecule has 2 rings (SSSR count). The first kappa shape index (κ1) is 25.5. The van der Waals surface area contributed by atoms with E-state index in [0.717, 1.165) is 31.6 Å². The van der Waals surface area contributed by atoms with E-state index in [1.54, 1.807) is 25.3 Å². The molecule has 0 heterocycles. The quantitative estimate of drug-likeness (QED) is 0.532. The minimum atomic E-state index is -0.263. The second-order valence-corrected chi connectivity index (χ2v) is 5.71. The number of hydrogen-bond donors (Lipinski definition) is 2. The van der Waals surface area contributed by atoms with Crippen molar-refractivity contribution in [1.29, 1.82) is 0 Å². The standard InChI is InChI=1S/C20H27FN2O2.2ClH/c1-3-22-12-7-13-23-14-16-9-6-11-19(24-2)20(16)25-15-17-8-4-5-10-18(17)21;;/h4-6,8-11,22-23H,3,7,12-15H2,1-2H3;2*1H. The first-order chi connectivity index (χ1) is 12.3. The zero-order valence-electron chi connectivity index (χ0n) is 15.8. The fourth-order valence-electron chi connectivity index (χ4n) is 2.53. The van der Waals surface area contributed by atoms with E-state index in [-0.39, 0.29) is 37.2 Å². The molecule has 4 nitrogen and oxygen atoms in total. The van der Waals surface area contributed by atoms with Gasteiger partial charge in [-0.2, -0.15) is 0 Å². The summed E-state index contributed by atoms with van der Waals surface area (Å²) in [6.07, 6.45) is 1.06. The van der Waals surface area contributed by atoms with Gasteiger partial charge in [0.15, 0.2) is 11.5 Å². The number of halogens is 3. The lowest BCUT2D eigenvalue weighted by molar-refractivity contribution is 0.276. The van der Waals surface area contributed by atoms with Crippen LogP contribution in [0.25, 0.3) is 0 Å². The Morgan fingerprint density at radius 1 is 0.926 bits per heavy atom. The summed E-state index contributed by atoms with van der Waals surface area (Å²) in [5.41, 5.74) is 1.53. The molecule has 2 aromatic rings. The van der Waals surface area contributed by atoms with Crippen molar-refractivity contribution in [3.05, 3.63) is 59.4 Å². The summed E-state index contributed by atoms with van der Waals surface area (Å²) in [6.45, 7) is 5.85. The van der Waals surface area contributed by atoms with Crippen LogP contribution in [-0.2, 0) is 13.2 Å². The summed E-state index contributed by atoms with van der Waals surface area (Å²) in [5, 5.41) is 6.71. The Bertz CT molecular complexity index is 660. The van der Waals surface area contributed by atoms with E-state index < -0.39 is 0 Å². The van der Waals surface area contributed by atoms with Gasteiger partial charge in [-0.1, -0.05) is 37.3 Å². The van der Waals surface area contributed by atoms with Gasteiger partial charge >= 0.3 is 0 Å². The molecule has 0 spiro atoms. The predicted molar refractivity (Wildman–Crippen MR) is 113 cm³/mol. The van der Waals surface area contributed by atoms with E-state index in [0.29, 0.717) is 23.6 Å². The molecule has 27 heavy (non-hydrogen) atoms. The van der Waals surface area contributed by atoms with Crippen molar-refractivity contribution >= 4 is 24.8 Å². The van der Waals surface area contributed by atoms with Crippen molar-refractivity contribution in [2.24, 2.45) is 0 Å². The lowest BCUT2D eigenvalue weighted by Gasteiger charge is -2.16. The van der Waals surface area contributed by atoms with E-state index >= 15 is 0 Å². The van der Waals surface area contributed by atoms with E-state index in [9.17, 15) is 4.39 Å². The molecule has 0 atom stereocenters. The molecule has 0 aliphatic carbocycles. The highest BCUT2D eigenvalue weighted by Crippen LogP contribution is 2.32. The third kappa shape index (κ3) is 8.35. The van der Waals surface area contributed by atoms with Crippen molar-refractivity contribution < 1.29 is 13.9 Å². The average molecular weight is 419 g/mol. The molecular weight excluding hydrogens is 390 g/mol. The second kappa shape index (κ2) is 14.5. The van der Waals surface area contributed by atoms with Gasteiger partial charge in [-0.05, 0) is 38.2 Å². The van der Waals surface area contributed by atoms with Crippen molar-refractivity contribution in [3.63, 3.8) is 0 Å². The van der Waals surface area contributed by atoms with Crippen LogP contribution < -0.4 is 20.1 Å². The topological polar surface area (TPSA) is 42.5 Å². The summed E-state index contributed by atoms with van der Waals surface area (Å²) < 4.78 is 25.1. The van der Waals surface area contributed by atoms with Crippen LogP contribution in [0.2, 0.25) is 0 Å². The van der Waals surface area contributed by atoms with Crippen LogP contribution in [0.5, 0.6) is 11.5 Å². The van der Waals surface area contributed by atoms with Gasteiger partial charge in [-0.3, -0.25) is 0 Å². The van der Waals surface area contributed by atoms with Crippen LogP contribution >= 0.6 is 24.8 Å². The maximum atomic E-state index is 13.8. The zero-order valence-corrected chi connectivity index (χ0v) is 17.4. The van der Waals surface area contributed by atoms with E-state index in [4.69, 9.17) is 9.47 Å². The molecule has 0 fully saturated rings. The number of para-hydroxylation sites is 1. The third-order valence-corrected chi connectivity index (χ3v) is 3.88. The first-order valence-electron chi connectivity index (χ1n) is 8.69. The lowest BCUT2D eigenvalue weighted by atomic mass is 10.1. The molecule has 0 aromatic heterocycles.